The van der Waals surface area contributed by atoms with Gasteiger partial charge in [-0.05, 0) is 31.0 Å². The highest BCUT2D eigenvalue weighted by Crippen LogP contribution is 2.16. The predicted octanol–water partition coefficient (Wildman–Crippen LogP) is 2.21. The minimum Gasteiger partial charge on any atom is -0.325 e. The summed E-state index contributed by atoms with van der Waals surface area (Å²) < 4.78 is 14.9. The van der Waals surface area contributed by atoms with E-state index in [2.05, 4.69) is 17.2 Å². The largest absolute Gasteiger partial charge is 0.325 e. The summed E-state index contributed by atoms with van der Waals surface area (Å²) in [5.41, 5.74) is 8.10. The van der Waals surface area contributed by atoms with Crippen molar-refractivity contribution in [3.05, 3.63) is 41.5 Å². The van der Waals surface area contributed by atoms with E-state index in [1.165, 1.54) is 12.1 Å². The molecule has 0 bridgehead atoms. The van der Waals surface area contributed by atoms with E-state index in [4.69, 9.17) is 5.73 Å². The minimum atomic E-state index is -0.279. The second-order valence-corrected chi connectivity index (χ2v) is 4.18. The zero-order chi connectivity index (χ0) is 13.0. The van der Waals surface area contributed by atoms with Crippen molar-refractivity contribution >= 4 is 0 Å². The lowest BCUT2D eigenvalue weighted by atomic mass is 10.1. The lowest BCUT2D eigenvalue weighted by Gasteiger charge is -2.07. The Balaban J connectivity index is 2.40. The van der Waals surface area contributed by atoms with Crippen molar-refractivity contribution in [1.29, 1.82) is 0 Å². The molecule has 1 aromatic heterocycles. The van der Waals surface area contributed by atoms with Crippen molar-refractivity contribution in [1.82, 2.24) is 15.0 Å². The van der Waals surface area contributed by atoms with Crippen LogP contribution in [0.25, 0.3) is 5.69 Å². The van der Waals surface area contributed by atoms with Crippen LogP contribution in [-0.4, -0.2) is 15.0 Å². The topological polar surface area (TPSA) is 56.7 Å². The summed E-state index contributed by atoms with van der Waals surface area (Å²) in [6.07, 6.45) is 2.97. The molecule has 1 aromatic carbocycles. The molecule has 1 heterocycles. The molecule has 0 fully saturated rings. The SMILES string of the molecule is CCCCc1c(CN)nnn1-c1cccc(F)c1. The fraction of sp³-hybridized carbons (Fsp3) is 0.385. The summed E-state index contributed by atoms with van der Waals surface area (Å²) in [5, 5.41) is 8.13. The first-order valence-corrected chi connectivity index (χ1v) is 6.15. The fourth-order valence-electron chi connectivity index (χ4n) is 1.90. The Hall–Kier alpha value is -1.75. The highest BCUT2D eigenvalue weighted by atomic mass is 19.1. The molecule has 0 aliphatic carbocycles. The van der Waals surface area contributed by atoms with Crippen LogP contribution in [0.15, 0.2) is 24.3 Å². The highest BCUT2D eigenvalue weighted by molar-refractivity contribution is 5.34. The molecule has 0 amide bonds. The number of halogens is 1. The standard InChI is InChI=1S/C13H17FN4/c1-2-3-7-13-12(9-15)16-17-18(13)11-6-4-5-10(14)8-11/h4-6,8H,2-3,7,9,15H2,1H3. The molecule has 0 spiro atoms. The van der Waals surface area contributed by atoms with Crippen molar-refractivity contribution < 1.29 is 4.39 Å². The molecule has 2 aromatic rings. The molecule has 0 unspecified atom stereocenters. The van der Waals surface area contributed by atoms with Gasteiger partial charge in [-0.1, -0.05) is 24.6 Å². The molecule has 96 valence electrons. The van der Waals surface area contributed by atoms with Crippen LogP contribution in [0.3, 0.4) is 0 Å². The van der Waals surface area contributed by atoms with Gasteiger partial charge in [-0.2, -0.15) is 0 Å². The van der Waals surface area contributed by atoms with Crippen molar-refractivity contribution in [3.8, 4) is 5.69 Å². The number of benzene rings is 1. The second kappa shape index (κ2) is 5.73. The molecule has 4 nitrogen and oxygen atoms in total. The number of hydrogen-bond acceptors (Lipinski definition) is 3. The molecule has 0 aliphatic heterocycles. The van der Waals surface area contributed by atoms with Gasteiger partial charge >= 0.3 is 0 Å². The number of rotatable bonds is 5. The van der Waals surface area contributed by atoms with Gasteiger partial charge in [0.25, 0.3) is 0 Å². The monoisotopic (exact) mass is 248 g/mol. The van der Waals surface area contributed by atoms with Crippen LogP contribution in [0, 0.1) is 5.82 Å². The molecule has 0 atom stereocenters. The third-order valence-corrected chi connectivity index (χ3v) is 2.86. The van der Waals surface area contributed by atoms with Crippen molar-refractivity contribution in [2.45, 2.75) is 32.7 Å². The van der Waals surface area contributed by atoms with Crippen LogP contribution in [0.5, 0.6) is 0 Å². The van der Waals surface area contributed by atoms with Gasteiger partial charge in [-0.3, -0.25) is 0 Å². The van der Waals surface area contributed by atoms with Crippen LogP contribution < -0.4 is 5.73 Å². The molecule has 18 heavy (non-hydrogen) atoms. The third-order valence-electron chi connectivity index (χ3n) is 2.86. The van der Waals surface area contributed by atoms with Gasteiger partial charge in [-0.25, -0.2) is 9.07 Å². The summed E-state index contributed by atoms with van der Waals surface area (Å²) in [7, 11) is 0. The molecule has 5 heteroatoms. The Morgan fingerprint density at radius 3 is 2.89 bits per heavy atom. The first-order chi connectivity index (χ1) is 8.76. The fourth-order valence-corrected chi connectivity index (χ4v) is 1.90. The van der Waals surface area contributed by atoms with Gasteiger partial charge in [0.2, 0.25) is 0 Å². The summed E-state index contributed by atoms with van der Waals surface area (Å²) in [4.78, 5) is 0. The zero-order valence-corrected chi connectivity index (χ0v) is 10.4. The van der Waals surface area contributed by atoms with E-state index in [0.29, 0.717) is 12.2 Å². The van der Waals surface area contributed by atoms with Crippen LogP contribution in [0.2, 0.25) is 0 Å². The second-order valence-electron chi connectivity index (χ2n) is 4.18. The van der Waals surface area contributed by atoms with E-state index in [0.717, 1.165) is 30.7 Å². The van der Waals surface area contributed by atoms with Crippen molar-refractivity contribution in [2.24, 2.45) is 5.73 Å². The van der Waals surface area contributed by atoms with Crippen LogP contribution in [0.4, 0.5) is 4.39 Å². The number of hydrogen-bond donors (Lipinski definition) is 1. The number of nitrogens with two attached hydrogens (primary N) is 1. The molecule has 0 saturated carbocycles. The van der Waals surface area contributed by atoms with Crippen LogP contribution >= 0.6 is 0 Å². The van der Waals surface area contributed by atoms with Gasteiger partial charge in [0.1, 0.15) is 5.82 Å². The normalized spacial score (nSPS) is 10.8. The van der Waals surface area contributed by atoms with Gasteiger partial charge < -0.3 is 5.73 Å². The van der Waals surface area contributed by atoms with E-state index in [-0.39, 0.29) is 5.82 Å². The van der Waals surface area contributed by atoms with Gasteiger partial charge in [0.15, 0.2) is 0 Å². The first-order valence-electron chi connectivity index (χ1n) is 6.15. The Kier molecular flexibility index (Phi) is 4.04. The van der Waals surface area contributed by atoms with E-state index >= 15 is 0 Å². The highest BCUT2D eigenvalue weighted by Gasteiger charge is 2.12. The van der Waals surface area contributed by atoms with Gasteiger partial charge in [0, 0.05) is 6.54 Å². The Labute approximate surface area is 106 Å². The van der Waals surface area contributed by atoms with Gasteiger partial charge in [0.05, 0.1) is 17.1 Å². The third kappa shape index (κ3) is 2.56. The average Bonchev–Trinajstić information content (AvgIpc) is 2.79. The Bertz CT molecular complexity index is 521. The predicted molar refractivity (Wildman–Crippen MR) is 67.8 cm³/mol. The molecule has 0 aliphatic rings. The average molecular weight is 248 g/mol. The smallest absolute Gasteiger partial charge is 0.125 e. The maximum atomic E-state index is 13.2. The number of unbranched alkanes of at least 4 members (excludes halogenated alkanes) is 1. The van der Waals surface area contributed by atoms with E-state index in [1.54, 1.807) is 10.7 Å². The lowest BCUT2D eigenvalue weighted by molar-refractivity contribution is 0.623. The van der Waals surface area contributed by atoms with E-state index in [9.17, 15) is 4.39 Å². The molecule has 2 N–H and O–H groups in total. The van der Waals surface area contributed by atoms with Crippen LogP contribution in [-0.2, 0) is 13.0 Å². The molecular formula is C13H17FN4. The first kappa shape index (κ1) is 12.7. The summed E-state index contributed by atoms with van der Waals surface area (Å²) in [6, 6.07) is 6.34. The Morgan fingerprint density at radius 1 is 1.39 bits per heavy atom. The summed E-state index contributed by atoms with van der Waals surface area (Å²) >= 11 is 0. The Morgan fingerprint density at radius 2 is 2.22 bits per heavy atom. The molecule has 0 radical (unpaired) electrons. The summed E-state index contributed by atoms with van der Waals surface area (Å²) in [5.74, 6) is -0.279. The van der Waals surface area contributed by atoms with Crippen molar-refractivity contribution in [2.75, 3.05) is 0 Å². The minimum absolute atomic E-state index is 0.279. The van der Waals surface area contributed by atoms with Gasteiger partial charge in [-0.15, -0.1) is 5.10 Å². The van der Waals surface area contributed by atoms with E-state index < -0.39 is 0 Å². The number of nitrogens with zero attached hydrogens (tertiary/aromatic N) is 3. The summed E-state index contributed by atoms with van der Waals surface area (Å²) in [6.45, 7) is 2.48. The number of aromatic nitrogens is 3. The van der Waals surface area contributed by atoms with Crippen LogP contribution in [0.1, 0.15) is 31.2 Å². The zero-order valence-electron chi connectivity index (χ0n) is 10.4. The maximum absolute atomic E-state index is 13.2. The molecule has 0 saturated heterocycles. The molecular weight excluding hydrogens is 231 g/mol. The van der Waals surface area contributed by atoms with Crippen molar-refractivity contribution in [3.63, 3.8) is 0 Å². The maximum Gasteiger partial charge on any atom is 0.125 e. The lowest BCUT2D eigenvalue weighted by Crippen LogP contribution is -2.06. The molecule has 2 rings (SSSR count). The quantitative estimate of drug-likeness (QED) is 0.882. The van der Waals surface area contributed by atoms with E-state index in [1.807, 2.05) is 6.07 Å².